The molecule has 1 aromatic carbocycles. The van der Waals surface area contributed by atoms with Gasteiger partial charge in [-0.2, -0.15) is 0 Å². The van der Waals surface area contributed by atoms with Crippen molar-refractivity contribution in [3.05, 3.63) is 29.6 Å². The number of fused-ring (bicyclic) bond motifs is 1. The molecular weight excluding hydrogens is 246 g/mol. The highest BCUT2D eigenvalue weighted by atomic mass is 35.5. The Morgan fingerprint density at radius 1 is 1.33 bits per heavy atom. The van der Waals surface area contributed by atoms with Gasteiger partial charge >= 0.3 is 0 Å². The topological polar surface area (TPSA) is 21.1 Å². The van der Waals surface area contributed by atoms with Gasteiger partial charge in [0.1, 0.15) is 5.82 Å². The van der Waals surface area contributed by atoms with E-state index in [-0.39, 0.29) is 0 Å². The summed E-state index contributed by atoms with van der Waals surface area (Å²) in [5.41, 5.74) is 3.60. The van der Waals surface area contributed by atoms with Crippen molar-refractivity contribution in [2.75, 3.05) is 26.5 Å². The molecule has 3 nitrogen and oxygen atoms in total. The highest BCUT2D eigenvalue weighted by molar-refractivity contribution is 6.17. The predicted molar refractivity (Wildman–Crippen MR) is 77.4 cm³/mol. The molecule has 0 atom stereocenters. The third-order valence-electron chi connectivity index (χ3n) is 3.14. The largest absolute Gasteiger partial charge is 0.326 e. The van der Waals surface area contributed by atoms with Crippen LogP contribution in [-0.4, -0.2) is 41.0 Å². The summed E-state index contributed by atoms with van der Waals surface area (Å²) in [6.07, 6.45) is 0.823. The van der Waals surface area contributed by atoms with E-state index in [4.69, 9.17) is 16.6 Å². The molecule has 0 N–H and O–H groups in total. The molecule has 0 fully saturated rings. The van der Waals surface area contributed by atoms with E-state index in [0.29, 0.717) is 5.88 Å². The van der Waals surface area contributed by atoms with Crippen molar-refractivity contribution >= 4 is 22.6 Å². The van der Waals surface area contributed by atoms with Crippen molar-refractivity contribution in [1.29, 1.82) is 0 Å². The van der Waals surface area contributed by atoms with Gasteiger partial charge in [0.05, 0.1) is 11.0 Å². The van der Waals surface area contributed by atoms with E-state index in [0.717, 1.165) is 30.9 Å². The number of halogens is 1. The lowest BCUT2D eigenvalue weighted by Crippen LogP contribution is -2.19. The second kappa shape index (κ2) is 5.72. The summed E-state index contributed by atoms with van der Waals surface area (Å²) in [5.74, 6) is 1.71. The van der Waals surface area contributed by atoms with E-state index in [1.165, 1.54) is 11.1 Å². The maximum absolute atomic E-state index is 5.87. The van der Waals surface area contributed by atoms with Crippen LogP contribution in [0.3, 0.4) is 0 Å². The fourth-order valence-corrected chi connectivity index (χ4v) is 2.40. The summed E-state index contributed by atoms with van der Waals surface area (Å²) in [5, 5.41) is 0. The molecule has 0 unspecified atom stereocenters. The summed E-state index contributed by atoms with van der Waals surface area (Å²) in [6, 6.07) is 6.28. The quantitative estimate of drug-likeness (QED) is 0.775. The fourth-order valence-electron chi connectivity index (χ4n) is 2.23. The van der Waals surface area contributed by atoms with Gasteiger partial charge in [-0.25, -0.2) is 4.98 Å². The molecule has 2 rings (SSSR count). The van der Waals surface area contributed by atoms with Gasteiger partial charge in [-0.1, -0.05) is 12.1 Å². The molecule has 1 aromatic heterocycles. The van der Waals surface area contributed by atoms with Crippen LogP contribution in [-0.2, 0) is 13.0 Å². The second-order valence-electron chi connectivity index (χ2n) is 4.86. The third-order valence-corrected chi connectivity index (χ3v) is 3.33. The summed E-state index contributed by atoms with van der Waals surface area (Å²) in [7, 11) is 4.18. The number of likely N-dealkylation sites (N-methyl/N-ethyl adjacent to an activating group) is 1. The van der Waals surface area contributed by atoms with E-state index in [9.17, 15) is 0 Å². The number of imidazole rings is 1. The normalized spacial score (nSPS) is 11.6. The van der Waals surface area contributed by atoms with Gasteiger partial charge in [-0.3, -0.25) is 0 Å². The number of nitrogens with zero attached hydrogens (tertiary/aromatic N) is 3. The summed E-state index contributed by atoms with van der Waals surface area (Å²) >= 11 is 5.87. The minimum absolute atomic E-state index is 0.615. The molecule has 0 bridgehead atoms. The van der Waals surface area contributed by atoms with Crippen LogP contribution in [0.1, 0.15) is 11.4 Å². The Morgan fingerprint density at radius 2 is 2.11 bits per heavy atom. The van der Waals surface area contributed by atoms with E-state index in [2.05, 4.69) is 48.7 Å². The number of benzene rings is 1. The van der Waals surface area contributed by atoms with Gasteiger partial charge in [0, 0.05) is 25.4 Å². The molecule has 0 saturated carbocycles. The van der Waals surface area contributed by atoms with Crippen LogP contribution in [0.25, 0.3) is 11.0 Å². The molecule has 98 valence electrons. The number of alkyl halides is 1. The Hall–Kier alpha value is -1.06. The number of hydrogen-bond acceptors (Lipinski definition) is 2. The lowest BCUT2D eigenvalue weighted by Gasteiger charge is -2.13. The van der Waals surface area contributed by atoms with Crippen molar-refractivity contribution < 1.29 is 0 Å². The monoisotopic (exact) mass is 265 g/mol. The van der Waals surface area contributed by atoms with Crippen LogP contribution in [0.5, 0.6) is 0 Å². The molecule has 4 heteroatoms. The summed E-state index contributed by atoms with van der Waals surface area (Å²) in [6.45, 7) is 4.11. The van der Waals surface area contributed by atoms with Crippen molar-refractivity contribution in [2.24, 2.45) is 0 Å². The van der Waals surface area contributed by atoms with Crippen LogP contribution in [0.2, 0.25) is 0 Å². The van der Waals surface area contributed by atoms with E-state index in [1.807, 2.05) is 0 Å². The van der Waals surface area contributed by atoms with Gasteiger partial charge in [-0.15, -0.1) is 11.6 Å². The first-order valence-electron chi connectivity index (χ1n) is 6.29. The first-order valence-corrected chi connectivity index (χ1v) is 6.82. The molecule has 0 aliphatic rings. The van der Waals surface area contributed by atoms with Crippen LogP contribution in [0, 0.1) is 6.92 Å². The maximum atomic E-state index is 5.87. The Bertz CT molecular complexity index is 531. The van der Waals surface area contributed by atoms with Gasteiger partial charge in [0.2, 0.25) is 0 Å². The fraction of sp³-hybridized carbons (Fsp3) is 0.500. The van der Waals surface area contributed by atoms with E-state index < -0.39 is 0 Å². The molecule has 0 spiro atoms. The third kappa shape index (κ3) is 2.68. The molecule has 0 aliphatic heterocycles. The van der Waals surface area contributed by atoms with Crippen molar-refractivity contribution in [3.63, 3.8) is 0 Å². The minimum Gasteiger partial charge on any atom is -0.326 e. The number of hydrogen-bond donors (Lipinski definition) is 0. The SMILES string of the molecule is Cc1cccc2nc(CCCl)n(CCN(C)C)c12. The molecular formula is C14H20ClN3. The highest BCUT2D eigenvalue weighted by Crippen LogP contribution is 2.20. The molecule has 0 amide bonds. The van der Waals surface area contributed by atoms with Crippen LogP contribution in [0.4, 0.5) is 0 Å². The standard InChI is InChI=1S/C14H20ClN3/c1-11-5-4-6-12-14(11)18(10-9-17(2)3)13(16-12)7-8-15/h4-6H,7-10H2,1-3H3. The van der Waals surface area contributed by atoms with E-state index >= 15 is 0 Å². The first-order chi connectivity index (χ1) is 8.63. The second-order valence-corrected chi connectivity index (χ2v) is 5.24. The first kappa shape index (κ1) is 13.4. The predicted octanol–water partition coefficient (Wildman–Crippen LogP) is 2.69. The highest BCUT2D eigenvalue weighted by Gasteiger charge is 2.11. The number of aryl methyl sites for hydroxylation is 2. The average molecular weight is 266 g/mol. The number of aromatic nitrogens is 2. The molecule has 18 heavy (non-hydrogen) atoms. The Balaban J connectivity index is 2.47. The molecule has 0 radical (unpaired) electrons. The summed E-state index contributed by atoms with van der Waals surface area (Å²) in [4.78, 5) is 6.89. The molecule has 0 saturated heterocycles. The zero-order valence-electron chi connectivity index (χ0n) is 11.3. The summed E-state index contributed by atoms with van der Waals surface area (Å²) < 4.78 is 2.31. The number of rotatable bonds is 5. The Morgan fingerprint density at radius 3 is 2.78 bits per heavy atom. The van der Waals surface area contributed by atoms with Crippen LogP contribution in [0.15, 0.2) is 18.2 Å². The molecule has 1 heterocycles. The average Bonchev–Trinajstić information content (AvgIpc) is 2.66. The lowest BCUT2D eigenvalue weighted by molar-refractivity contribution is 0.383. The van der Waals surface area contributed by atoms with Crippen LogP contribution >= 0.6 is 11.6 Å². The number of para-hydroxylation sites is 1. The van der Waals surface area contributed by atoms with Crippen LogP contribution < -0.4 is 0 Å². The minimum atomic E-state index is 0.615. The van der Waals surface area contributed by atoms with Crippen molar-refractivity contribution in [3.8, 4) is 0 Å². The zero-order chi connectivity index (χ0) is 13.1. The van der Waals surface area contributed by atoms with Crippen molar-refractivity contribution in [1.82, 2.24) is 14.5 Å². The molecule has 0 aliphatic carbocycles. The van der Waals surface area contributed by atoms with Gasteiger partial charge in [0.15, 0.2) is 0 Å². The van der Waals surface area contributed by atoms with E-state index in [1.54, 1.807) is 0 Å². The maximum Gasteiger partial charge on any atom is 0.111 e. The zero-order valence-corrected chi connectivity index (χ0v) is 12.0. The van der Waals surface area contributed by atoms with Gasteiger partial charge in [-0.05, 0) is 32.6 Å². The van der Waals surface area contributed by atoms with Crippen molar-refractivity contribution in [2.45, 2.75) is 19.9 Å². The lowest BCUT2D eigenvalue weighted by atomic mass is 10.2. The Kier molecular flexibility index (Phi) is 4.25. The molecule has 2 aromatic rings. The smallest absolute Gasteiger partial charge is 0.111 e. The Labute approximate surface area is 113 Å². The van der Waals surface area contributed by atoms with Gasteiger partial charge in [0.25, 0.3) is 0 Å². The van der Waals surface area contributed by atoms with Gasteiger partial charge < -0.3 is 9.47 Å².